The van der Waals surface area contributed by atoms with E-state index in [9.17, 15) is 8.42 Å². The van der Waals surface area contributed by atoms with Crippen molar-refractivity contribution in [2.24, 2.45) is 0 Å². The number of hydrogen-bond acceptors (Lipinski definition) is 6. The molecule has 1 N–H and O–H groups in total. The van der Waals surface area contributed by atoms with Gasteiger partial charge in [-0.15, -0.1) is 9.19 Å². The monoisotopic (exact) mass is 362 g/mol. The normalized spacial score (nSPS) is 11.6. The van der Waals surface area contributed by atoms with E-state index in [1.165, 1.54) is 19.2 Å². The molecule has 0 amide bonds. The molecule has 2 aromatic carbocycles. The van der Waals surface area contributed by atoms with Crippen LogP contribution in [0.3, 0.4) is 0 Å². The molecule has 0 saturated carbocycles. The zero-order chi connectivity index (χ0) is 18.0. The molecule has 8 heteroatoms. The van der Waals surface area contributed by atoms with Crippen LogP contribution in [0.2, 0.25) is 0 Å². The van der Waals surface area contributed by atoms with Crippen molar-refractivity contribution in [2.45, 2.75) is 11.8 Å². The van der Waals surface area contributed by atoms with E-state index in [2.05, 4.69) is 5.10 Å². The van der Waals surface area contributed by atoms with Crippen molar-refractivity contribution in [3.05, 3.63) is 48.0 Å². The zero-order valence-electron chi connectivity index (χ0n) is 13.8. The Balaban J connectivity index is 2.19. The fraction of sp³-hybridized carbons (Fsp3) is 0.235. The predicted molar refractivity (Wildman–Crippen MR) is 92.6 cm³/mol. The minimum absolute atomic E-state index is 0.00784. The Hall–Kier alpha value is -2.58. The third-order valence-corrected chi connectivity index (χ3v) is 5.30. The van der Waals surface area contributed by atoms with Gasteiger partial charge in [0.2, 0.25) is 5.88 Å². The van der Waals surface area contributed by atoms with Crippen molar-refractivity contribution < 1.29 is 23.0 Å². The first-order chi connectivity index (χ1) is 12.0. The zero-order valence-corrected chi connectivity index (χ0v) is 14.7. The van der Waals surface area contributed by atoms with Gasteiger partial charge >= 0.3 is 0 Å². The van der Waals surface area contributed by atoms with Gasteiger partial charge in [-0.25, -0.2) is 0 Å². The van der Waals surface area contributed by atoms with Crippen LogP contribution < -0.4 is 9.47 Å². The third kappa shape index (κ3) is 3.18. The lowest BCUT2D eigenvalue weighted by atomic mass is 10.2. The lowest BCUT2D eigenvalue weighted by Crippen LogP contribution is -2.14. The van der Waals surface area contributed by atoms with Crippen LogP contribution in [0.15, 0.2) is 47.4 Å². The molecule has 0 aliphatic heterocycles. The summed E-state index contributed by atoms with van der Waals surface area (Å²) in [6.45, 7) is 1.68. The van der Waals surface area contributed by atoms with Crippen LogP contribution in [0.25, 0.3) is 10.9 Å². The van der Waals surface area contributed by atoms with Crippen LogP contribution >= 0.6 is 0 Å². The summed E-state index contributed by atoms with van der Waals surface area (Å²) in [5.74, 6) is 0.673. The summed E-state index contributed by atoms with van der Waals surface area (Å²) in [6.07, 6.45) is 0. The van der Waals surface area contributed by atoms with Gasteiger partial charge in [-0.1, -0.05) is 17.7 Å². The number of benzene rings is 2. The quantitative estimate of drug-likeness (QED) is 0.721. The summed E-state index contributed by atoms with van der Waals surface area (Å²) >= 11 is 0. The number of ether oxygens (including phenoxy) is 2. The Morgan fingerprint density at radius 2 is 1.88 bits per heavy atom. The fourth-order valence-electron chi connectivity index (χ4n) is 2.41. The minimum atomic E-state index is -3.88. The van der Waals surface area contributed by atoms with Gasteiger partial charge in [-0.05, 0) is 37.3 Å². The Bertz CT molecular complexity index is 994. The molecule has 0 aliphatic carbocycles. The first-order valence-corrected chi connectivity index (χ1v) is 9.04. The summed E-state index contributed by atoms with van der Waals surface area (Å²) in [5.41, 5.74) is 1.33. The fourth-order valence-corrected chi connectivity index (χ4v) is 3.69. The van der Waals surface area contributed by atoms with E-state index in [0.717, 1.165) is 9.65 Å². The van der Waals surface area contributed by atoms with Crippen molar-refractivity contribution in [1.29, 1.82) is 0 Å². The lowest BCUT2D eigenvalue weighted by molar-refractivity contribution is 0.197. The first kappa shape index (κ1) is 17.2. The maximum absolute atomic E-state index is 13.0. The molecule has 25 heavy (non-hydrogen) atoms. The standard InChI is InChI=1S/C17H18N2O5S/c1-12-3-6-14(7-4-12)25(21,22)19-16-8-5-13(23-2)11-15(16)17(18-19)24-10-9-20/h3-8,11,20H,9-10H2,1-2H3. The number of nitrogens with zero attached hydrogens (tertiary/aromatic N) is 2. The Kier molecular flexibility index (Phi) is 4.65. The van der Waals surface area contributed by atoms with E-state index in [1.54, 1.807) is 30.3 Å². The molecule has 1 heterocycles. The second kappa shape index (κ2) is 6.73. The maximum atomic E-state index is 13.0. The van der Waals surface area contributed by atoms with Gasteiger partial charge in [-0.2, -0.15) is 8.42 Å². The van der Waals surface area contributed by atoms with Gasteiger partial charge in [-0.3, -0.25) is 0 Å². The van der Waals surface area contributed by atoms with E-state index in [-0.39, 0.29) is 24.0 Å². The molecule has 3 rings (SSSR count). The number of aromatic nitrogens is 2. The highest BCUT2D eigenvalue weighted by Crippen LogP contribution is 2.31. The molecular weight excluding hydrogens is 344 g/mol. The molecule has 0 bridgehead atoms. The van der Waals surface area contributed by atoms with Crippen LogP contribution in [-0.4, -0.2) is 43.0 Å². The molecule has 1 aromatic heterocycles. The molecule has 0 unspecified atom stereocenters. The Labute approximate surface area is 145 Å². The highest BCUT2D eigenvalue weighted by Gasteiger charge is 2.24. The number of fused-ring (bicyclic) bond motifs is 1. The van der Waals surface area contributed by atoms with Crippen LogP contribution in [0.5, 0.6) is 11.6 Å². The Morgan fingerprint density at radius 3 is 2.52 bits per heavy atom. The summed E-state index contributed by atoms with van der Waals surface area (Å²) in [6, 6.07) is 11.4. The molecular formula is C17H18N2O5S. The summed E-state index contributed by atoms with van der Waals surface area (Å²) in [5, 5.41) is 13.6. The Morgan fingerprint density at radius 1 is 1.16 bits per heavy atom. The van der Waals surface area contributed by atoms with E-state index >= 15 is 0 Å². The average molecular weight is 362 g/mol. The number of aryl methyl sites for hydroxylation is 1. The summed E-state index contributed by atoms with van der Waals surface area (Å²) < 4.78 is 37.5. The third-order valence-electron chi connectivity index (χ3n) is 3.70. The summed E-state index contributed by atoms with van der Waals surface area (Å²) in [7, 11) is -2.37. The van der Waals surface area contributed by atoms with Crippen molar-refractivity contribution >= 4 is 20.9 Å². The van der Waals surface area contributed by atoms with E-state index in [4.69, 9.17) is 14.6 Å². The van der Waals surface area contributed by atoms with Gasteiger partial charge in [0.25, 0.3) is 10.0 Å². The SMILES string of the molecule is COc1ccc2c(c1)c(OCCO)nn2S(=O)(=O)c1ccc(C)cc1. The molecule has 7 nitrogen and oxygen atoms in total. The average Bonchev–Trinajstić information content (AvgIpc) is 2.98. The van der Waals surface area contributed by atoms with Crippen LogP contribution in [0, 0.1) is 6.92 Å². The highest BCUT2D eigenvalue weighted by atomic mass is 32.2. The topological polar surface area (TPSA) is 90.7 Å². The molecule has 3 aromatic rings. The predicted octanol–water partition coefficient (Wildman–Crippen LogP) is 1.96. The lowest BCUT2D eigenvalue weighted by Gasteiger charge is -2.06. The van der Waals surface area contributed by atoms with Gasteiger partial charge < -0.3 is 14.6 Å². The van der Waals surface area contributed by atoms with Gasteiger partial charge in [0.05, 0.1) is 29.5 Å². The van der Waals surface area contributed by atoms with E-state index < -0.39 is 10.0 Å². The van der Waals surface area contributed by atoms with Crippen LogP contribution in [0.1, 0.15) is 5.56 Å². The molecule has 0 saturated heterocycles. The number of aliphatic hydroxyl groups is 1. The minimum Gasteiger partial charge on any atom is -0.497 e. The van der Waals surface area contributed by atoms with E-state index in [0.29, 0.717) is 16.7 Å². The number of hydrogen-bond donors (Lipinski definition) is 1. The highest BCUT2D eigenvalue weighted by molar-refractivity contribution is 7.90. The molecule has 0 spiro atoms. The van der Waals surface area contributed by atoms with Crippen molar-refractivity contribution in [3.63, 3.8) is 0 Å². The smallest absolute Gasteiger partial charge is 0.283 e. The van der Waals surface area contributed by atoms with Crippen LogP contribution in [0.4, 0.5) is 0 Å². The molecule has 0 radical (unpaired) electrons. The molecule has 0 fully saturated rings. The second-order valence-corrected chi connectivity index (χ2v) is 7.19. The summed E-state index contributed by atoms with van der Waals surface area (Å²) in [4.78, 5) is 0.132. The second-order valence-electron chi connectivity index (χ2n) is 5.42. The van der Waals surface area contributed by atoms with Gasteiger partial charge in [0.1, 0.15) is 12.4 Å². The molecule has 0 aliphatic rings. The molecule has 0 atom stereocenters. The first-order valence-electron chi connectivity index (χ1n) is 7.60. The van der Waals surface area contributed by atoms with Gasteiger partial charge in [0.15, 0.2) is 0 Å². The van der Waals surface area contributed by atoms with Crippen molar-refractivity contribution in [1.82, 2.24) is 9.19 Å². The van der Waals surface area contributed by atoms with Gasteiger partial charge in [0, 0.05) is 0 Å². The number of rotatable bonds is 6. The van der Waals surface area contributed by atoms with Crippen molar-refractivity contribution in [3.8, 4) is 11.6 Å². The largest absolute Gasteiger partial charge is 0.497 e. The van der Waals surface area contributed by atoms with Crippen LogP contribution in [-0.2, 0) is 10.0 Å². The number of methoxy groups -OCH3 is 1. The van der Waals surface area contributed by atoms with E-state index in [1.807, 2.05) is 6.92 Å². The maximum Gasteiger partial charge on any atom is 0.283 e. The number of aliphatic hydroxyl groups excluding tert-OH is 1. The molecule has 132 valence electrons. The van der Waals surface area contributed by atoms with Crippen molar-refractivity contribution in [2.75, 3.05) is 20.3 Å².